The molecule has 0 aromatic rings. The van der Waals surface area contributed by atoms with Crippen LogP contribution in [0.25, 0.3) is 0 Å². The van der Waals surface area contributed by atoms with Crippen molar-refractivity contribution in [2.75, 3.05) is 26.2 Å². The van der Waals surface area contributed by atoms with Crippen LogP contribution in [0.3, 0.4) is 0 Å². The first kappa shape index (κ1) is 18.1. The monoisotopic (exact) mass is 272 g/mol. The third-order valence-electron chi connectivity index (χ3n) is 4.40. The Morgan fingerprint density at radius 1 is 0.778 bits per heavy atom. The van der Waals surface area contributed by atoms with Crippen LogP contribution in [0.15, 0.2) is 0 Å². The smallest absolute Gasteiger partial charge is 0.214 e. The highest BCUT2D eigenvalue weighted by Crippen LogP contribution is 2.47. The summed E-state index contributed by atoms with van der Waals surface area (Å²) in [4.78, 5) is 0. The van der Waals surface area contributed by atoms with Crippen molar-refractivity contribution >= 4 is 8.40 Å². The van der Waals surface area contributed by atoms with Gasteiger partial charge >= 0.3 is 0 Å². The van der Waals surface area contributed by atoms with Crippen LogP contribution in [0.1, 0.15) is 62.3 Å². The molecule has 0 amide bonds. The number of rotatable bonds is 7. The van der Waals surface area contributed by atoms with Crippen LogP contribution in [-0.4, -0.2) is 43.7 Å². The maximum Gasteiger partial charge on any atom is 0.214 e. The van der Waals surface area contributed by atoms with E-state index in [1.165, 1.54) is 26.2 Å². The lowest BCUT2D eigenvalue weighted by atomic mass is 10.2. The van der Waals surface area contributed by atoms with Crippen LogP contribution in [0.4, 0.5) is 0 Å². The second-order valence-electron chi connectivity index (χ2n) is 6.48. The van der Waals surface area contributed by atoms with Gasteiger partial charge in [0.2, 0.25) is 8.40 Å². The van der Waals surface area contributed by atoms with Crippen LogP contribution in [-0.2, 0) is 0 Å². The molecule has 0 aromatic heterocycles. The molecule has 0 atom stereocenters. The van der Waals surface area contributed by atoms with Gasteiger partial charge in [-0.2, -0.15) is 0 Å². The number of hydrogen-bond donors (Lipinski definition) is 0. The molecule has 0 saturated heterocycles. The topological polar surface area (TPSA) is 6.48 Å². The summed E-state index contributed by atoms with van der Waals surface area (Å²) in [5, 5.41) is 0.374. The van der Waals surface area contributed by atoms with E-state index in [0.29, 0.717) is 5.04 Å². The minimum Gasteiger partial charge on any atom is -0.312 e. The molecular weight excluding hydrogens is 236 g/mol. The molecule has 0 aliphatic carbocycles. The van der Waals surface area contributed by atoms with E-state index >= 15 is 0 Å². The second-order valence-corrected chi connectivity index (χ2v) is 11.8. The lowest BCUT2D eigenvalue weighted by molar-refractivity contribution is 0.308. The molecule has 0 radical (unpaired) electrons. The minimum atomic E-state index is -1.67. The minimum absolute atomic E-state index is 0.374. The zero-order valence-corrected chi connectivity index (χ0v) is 15.3. The van der Waals surface area contributed by atoms with Crippen molar-refractivity contribution in [1.29, 1.82) is 0 Å². The van der Waals surface area contributed by atoms with Gasteiger partial charge in [-0.05, 0) is 36.8 Å². The molecule has 0 aromatic carbocycles. The first-order chi connectivity index (χ1) is 8.23. The van der Waals surface area contributed by atoms with Crippen LogP contribution in [0, 0.1) is 0 Å². The first-order valence-corrected chi connectivity index (χ1v) is 9.71. The molecule has 0 spiro atoms. The van der Waals surface area contributed by atoms with E-state index in [-0.39, 0.29) is 0 Å². The SMILES string of the molecule is CCN(CC)[Si](C(C)C)(N(CC)CC)C(C)(C)C. The quantitative estimate of drug-likeness (QED) is 0.637. The van der Waals surface area contributed by atoms with E-state index in [1.54, 1.807) is 0 Å². The Bertz CT molecular complexity index is 213. The predicted octanol–water partition coefficient (Wildman–Crippen LogP) is 4.32. The Labute approximate surface area is 117 Å². The number of hydrogen-bond acceptors (Lipinski definition) is 2. The van der Waals surface area contributed by atoms with Gasteiger partial charge in [0.05, 0.1) is 0 Å². The maximum absolute atomic E-state index is 2.80. The standard InChI is InChI=1S/C15H36N2Si/c1-10-16(11-2)18(14(5)6,15(7,8)9)17(12-3)13-4/h14H,10-13H2,1-9H3. The van der Waals surface area contributed by atoms with Gasteiger partial charge in [0.1, 0.15) is 0 Å². The van der Waals surface area contributed by atoms with Crippen LogP contribution < -0.4 is 0 Å². The van der Waals surface area contributed by atoms with Crippen molar-refractivity contribution in [3.63, 3.8) is 0 Å². The van der Waals surface area contributed by atoms with E-state index in [9.17, 15) is 0 Å². The molecule has 3 heteroatoms. The van der Waals surface area contributed by atoms with E-state index in [4.69, 9.17) is 0 Å². The van der Waals surface area contributed by atoms with Crippen molar-refractivity contribution < 1.29 is 0 Å². The molecule has 0 heterocycles. The van der Waals surface area contributed by atoms with E-state index in [2.05, 4.69) is 71.4 Å². The van der Waals surface area contributed by atoms with E-state index < -0.39 is 8.40 Å². The van der Waals surface area contributed by atoms with Gasteiger partial charge in [0.15, 0.2) is 0 Å². The summed E-state index contributed by atoms with van der Waals surface area (Å²) in [7, 11) is -1.67. The highest BCUT2D eigenvalue weighted by Gasteiger charge is 2.54. The molecule has 18 heavy (non-hydrogen) atoms. The van der Waals surface area contributed by atoms with E-state index in [1.807, 2.05) is 0 Å². The lowest BCUT2D eigenvalue weighted by Crippen LogP contribution is -2.72. The average Bonchev–Trinajstić information content (AvgIpc) is 2.27. The third-order valence-corrected chi connectivity index (χ3v) is 11.4. The third kappa shape index (κ3) is 2.99. The molecule has 0 unspecified atom stereocenters. The Kier molecular flexibility index (Phi) is 7.12. The van der Waals surface area contributed by atoms with Crippen LogP contribution in [0.5, 0.6) is 0 Å². The zero-order chi connectivity index (χ0) is 14.6. The second kappa shape index (κ2) is 7.06. The maximum atomic E-state index is 2.80. The molecule has 2 nitrogen and oxygen atoms in total. The molecular formula is C15H36N2Si. The Hall–Kier alpha value is 0.137. The molecule has 110 valence electrons. The molecule has 0 N–H and O–H groups in total. The van der Waals surface area contributed by atoms with Crippen LogP contribution >= 0.6 is 0 Å². The summed E-state index contributed by atoms with van der Waals surface area (Å²) >= 11 is 0. The van der Waals surface area contributed by atoms with Crippen molar-refractivity contribution in [1.82, 2.24) is 9.13 Å². The molecule has 0 rings (SSSR count). The fourth-order valence-electron chi connectivity index (χ4n) is 4.16. The normalized spacial score (nSPS) is 14.0. The summed E-state index contributed by atoms with van der Waals surface area (Å²) in [6, 6.07) is 0. The number of nitrogens with zero attached hydrogens (tertiary/aromatic N) is 2. The van der Waals surface area contributed by atoms with E-state index in [0.717, 1.165) is 5.54 Å². The van der Waals surface area contributed by atoms with Gasteiger partial charge < -0.3 is 9.13 Å². The van der Waals surface area contributed by atoms with Crippen molar-refractivity contribution in [3.8, 4) is 0 Å². The Balaban J connectivity index is 5.87. The average molecular weight is 273 g/mol. The fraction of sp³-hybridized carbons (Fsp3) is 1.00. The molecule has 0 aliphatic heterocycles. The zero-order valence-electron chi connectivity index (χ0n) is 14.3. The predicted molar refractivity (Wildman–Crippen MR) is 86.4 cm³/mol. The Morgan fingerprint density at radius 3 is 1.17 bits per heavy atom. The fourth-order valence-corrected chi connectivity index (χ4v) is 11.6. The van der Waals surface area contributed by atoms with Crippen molar-refractivity contribution in [2.24, 2.45) is 0 Å². The molecule has 0 saturated carbocycles. The van der Waals surface area contributed by atoms with Gasteiger partial charge in [-0.1, -0.05) is 62.3 Å². The largest absolute Gasteiger partial charge is 0.312 e. The van der Waals surface area contributed by atoms with Gasteiger partial charge in [-0.15, -0.1) is 0 Å². The highest BCUT2D eigenvalue weighted by molar-refractivity contribution is 6.78. The molecule has 0 aliphatic rings. The van der Waals surface area contributed by atoms with Gasteiger partial charge in [0, 0.05) is 0 Å². The summed E-state index contributed by atoms with van der Waals surface area (Å²) in [6.07, 6.45) is 0. The highest BCUT2D eigenvalue weighted by atomic mass is 28.4. The van der Waals surface area contributed by atoms with Crippen molar-refractivity contribution in [3.05, 3.63) is 0 Å². The summed E-state index contributed by atoms with van der Waals surface area (Å²) < 4.78 is 5.59. The van der Waals surface area contributed by atoms with Crippen LogP contribution in [0.2, 0.25) is 10.6 Å². The molecule has 0 bridgehead atoms. The Morgan fingerprint density at radius 2 is 1.06 bits per heavy atom. The van der Waals surface area contributed by atoms with Gasteiger partial charge in [-0.3, -0.25) is 0 Å². The molecule has 0 fully saturated rings. The first-order valence-electron chi connectivity index (χ1n) is 7.73. The van der Waals surface area contributed by atoms with Gasteiger partial charge in [0.25, 0.3) is 0 Å². The lowest BCUT2D eigenvalue weighted by Gasteiger charge is -2.57. The van der Waals surface area contributed by atoms with Crippen molar-refractivity contribution in [2.45, 2.75) is 72.9 Å². The van der Waals surface area contributed by atoms with Gasteiger partial charge in [-0.25, -0.2) is 0 Å². The summed E-state index contributed by atoms with van der Waals surface area (Å²) in [6.45, 7) is 26.2. The summed E-state index contributed by atoms with van der Waals surface area (Å²) in [5.74, 6) is 0. The summed E-state index contributed by atoms with van der Waals surface area (Å²) in [5.41, 5.74) is 0.747.